The van der Waals surface area contributed by atoms with Crippen LogP contribution in [0.2, 0.25) is 0 Å². The molecule has 0 saturated carbocycles. The number of hydrogen-bond acceptors (Lipinski definition) is 2. The Balaban J connectivity index is 1.82. The number of carbonyl (C=O) groups excluding carboxylic acids is 1. The third-order valence-electron chi connectivity index (χ3n) is 2.99. The number of carbonyl (C=O) groups is 1. The maximum absolute atomic E-state index is 11.9. The van der Waals surface area contributed by atoms with Gasteiger partial charge in [0.05, 0.1) is 18.7 Å². The summed E-state index contributed by atoms with van der Waals surface area (Å²) in [6.07, 6.45) is 0.314. The average molecular weight is 348 g/mol. The fraction of sp³-hybridized carbons (Fsp3) is 0.235. The topological polar surface area (TPSA) is 38.3 Å². The van der Waals surface area contributed by atoms with Crippen molar-refractivity contribution in [2.24, 2.45) is 0 Å². The highest BCUT2D eigenvalue weighted by molar-refractivity contribution is 9.10. The van der Waals surface area contributed by atoms with Crippen molar-refractivity contribution in [2.75, 3.05) is 11.9 Å². The summed E-state index contributed by atoms with van der Waals surface area (Å²) in [7, 11) is 0. The molecule has 2 rings (SSSR count). The highest BCUT2D eigenvalue weighted by atomic mass is 79.9. The first-order chi connectivity index (χ1) is 10.0. The molecule has 0 atom stereocenters. The Morgan fingerprint density at radius 2 is 1.90 bits per heavy atom. The predicted octanol–water partition coefficient (Wildman–Crippen LogP) is 4.47. The van der Waals surface area contributed by atoms with Crippen LogP contribution in [0.1, 0.15) is 17.5 Å². The summed E-state index contributed by atoms with van der Waals surface area (Å²) in [6, 6.07) is 13.6. The number of aryl methyl sites for hydroxylation is 2. The minimum atomic E-state index is -0.0628. The number of ether oxygens (including phenoxy) is 1. The van der Waals surface area contributed by atoms with Crippen LogP contribution in [0.5, 0.6) is 5.75 Å². The number of rotatable bonds is 5. The summed E-state index contributed by atoms with van der Waals surface area (Å²) in [5.74, 6) is 0.728. The molecule has 0 unspecified atom stereocenters. The van der Waals surface area contributed by atoms with Gasteiger partial charge in [-0.2, -0.15) is 0 Å². The van der Waals surface area contributed by atoms with E-state index in [0.717, 1.165) is 27.0 Å². The van der Waals surface area contributed by atoms with E-state index >= 15 is 0 Å². The summed E-state index contributed by atoms with van der Waals surface area (Å²) in [5, 5.41) is 2.87. The van der Waals surface area contributed by atoms with Crippen LogP contribution in [-0.4, -0.2) is 12.5 Å². The number of anilines is 1. The molecular weight excluding hydrogens is 330 g/mol. The Kier molecular flexibility index (Phi) is 5.39. The van der Waals surface area contributed by atoms with Crippen molar-refractivity contribution in [1.29, 1.82) is 0 Å². The molecule has 3 nitrogen and oxygen atoms in total. The summed E-state index contributed by atoms with van der Waals surface area (Å²) in [4.78, 5) is 11.9. The molecule has 0 saturated heterocycles. The van der Waals surface area contributed by atoms with Crippen LogP contribution in [0.25, 0.3) is 0 Å². The lowest BCUT2D eigenvalue weighted by atomic mass is 10.2. The van der Waals surface area contributed by atoms with E-state index in [1.165, 1.54) is 0 Å². The second-order valence-electron chi connectivity index (χ2n) is 4.95. The van der Waals surface area contributed by atoms with Crippen LogP contribution in [-0.2, 0) is 4.79 Å². The quantitative estimate of drug-likeness (QED) is 0.866. The van der Waals surface area contributed by atoms with E-state index in [2.05, 4.69) is 21.2 Å². The predicted molar refractivity (Wildman–Crippen MR) is 88.8 cm³/mol. The van der Waals surface area contributed by atoms with Crippen LogP contribution < -0.4 is 10.1 Å². The molecule has 0 aliphatic carbocycles. The lowest BCUT2D eigenvalue weighted by molar-refractivity contribution is -0.116. The third kappa shape index (κ3) is 4.90. The molecule has 1 amide bonds. The standard InChI is InChI=1S/C17H18BrNO2/c1-12-4-3-5-14(10-12)21-9-8-17(20)19-16-7-6-13(2)11-15(16)18/h3-7,10-11H,8-9H2,1-2H3,(H,19,20). The van der Waals surface area contributed by atoms with Crippen molar-refractivity contribution in [3.8, 4) is 5.75 Å². The molecule has 0 aromatic heterocycles. The van der Waals surface area contributed by atoms with Crippen LogP contribution in [0.15, 0.2) is 46.9 Å². The molecule has 4 heteroatoms. The van der Waals surface area contributed by atoms with Gasteiger partial charge in [0.15, 0.2) is 0 Å². The van der Waals surface area contributed by atoms with Gasteiger partial charge in [-0.3, -0.25) is 4.79 Å². The number of benzene rings is 2. The van der Waals surface area contributed by atoms with Gasteiger partial charge < -0.3 is 10.1 Å². The molecule has 2 aromatic rings. The highest BCUT2D eigenvalue weighted by Crippen LogP contribution is 2.23. The van der Waals surface area contributed by atoms with Gasteiger partial charge in [-0.25, -0.2) is 0 Å². The Labute approximate surface area is 133 Å². The monoisotopic (exact) mass is 347 g/mol. The number of halogens is 1. The maximum atomic E-state index is 11.9. The SMILES string of the molecule is Cc1cccc(OCCC(=O)Nc2ccc(C)cc2Br)c1. The molecular formula is C17H18BrNO2. The molecule has 0 radical (unpaired) electrons. The van der Waals surface area contributed by atoms with Gasteiger partial charge in [-0.15, -0.1) is 0 Å². The van der Waals surface area contributed by atoms with E-state index < -0.39 is 0 Å². The first-order valence-electron chi connectivity index (χ1n) is 6.80. The zero-order chi connectivity index (χ0) is 15.2. The highest BCUT2D eigenvalue weighted by Gasteiger charge is 2.06. The fourth-order valence-electron chi connectivity index (χ4n) is 1.90. The van der Waals surface area contributed by atoms with Gasteiger partial charge in [0, 0.05) is 4.47 Å². The minimum absolute atomic E-state index is 0.0628. The van der Waals surface area contributed by atoms with Crippen LogP contribution in [0.4, 0.5) is 5.69 Å². The summed E-state index contributed by atoms with van der Waals surface area (Å²) in [6.45, 7) is 4.37. The van der Waals surface area contributed by atoms with Gasteiger partial charge >= 0.3 is 0 Å². The Morgan fingerprint density at radius 1 is 1.14 bits per heavy atom. The fourth-order valence-corrected chi connectivity index (χ4v) is 2.49. The molecule has 1 N–H and O–H groups in total. The molecule has 0 fully saturated rings. The number of hydrogen-bond donors (Lipinski definition) is 1. The second-order valence-corrected chi connectivity index (χ2v) is 5.80. The van der Waals surface area contributed by atoms with E-state index in [0.29, 0.717) is 13.0 Å². The van der Waals surface area contributed by atoms with E-state index in [-0.39, 0.29) is 5.91 Å². The minimum Gasteiger partial charge on any atom is -0.493 e. The third-order valence-corrected chi connectivity index (χ3v) is 3.64. The van der Waals surface area contributed by atoms with Crippen molar-refractivity contribution in [3.05, 3.63) is 58.1 Å². The van der Waals surface area contributed by atoms with Crippen molar-refractivity contribution in [3.63, 3.8) is 0 Å². The largest absolute Gasteiger partial charge is 0.493 e. The molecule has 0 aliphatic heterocycles. The second kappa shape index (κ2) is 7.27. The molecule has 0 aliphatic rings. The zero-order valence-electron chi connectivity index (χ0n) is 12.2. The molecule has 2 aromatic carbocycles. The van der Waals surface area contributed by atoms with Crippen molar-refractivity contribution in [2.45, 2.75) is 20.3 Å². The van der Waals surface area contributed by atoms with Crippen LogP contribution >= 0.6 is 15.9 Å². The summed E-state index contributed by atoms with van der Waals surface area (Å²) >= 11 is 3.44. The van der Waals surface area contributed by atoms with Gasteiger partial charge in [0.1, 0.15) is 5.75 Å². The average Bonchev–Trinajstić information content (AvgIpc) is 2.42. The number of amides is 1. The van der Waals surface area contributed by atoms with E-state index in [1.807, 2.05) is 56.3 Å². The molecule has 0 heterocycles. The van der Waals surface area contributed by atoms with E-state index in [1.54, 1.807) is 0 Å². The van der Waals surface area contributed by atoms with Crippen LogP contribution in [0.3, 0.4) is 0 Å². The first-order valence-corrected chi connectivity index (χ1v) is 7.59. The van der Waals surface area contributed by atoms with Gasteiger partial charge in [-0.1, -0.05) is 18.2 Å². The Hall–Kier alpha value is -1.81. The number of nitrogens with one attached hydrogen (secondary N) is 1. The summed E-state index contributed by atoms with van der Waals surface area (Å²) in [5.41, 5.74) is 3.06. The molecule has 0 spiro atoms. The molecule has 21 heavy (non-hydrogen) atoms. The van der Waals surface area contributed by atoms with Gasteiger partial charge in [0.2, 0.25) is 5.91 Å². The van der Waals surface area contributed by atoms with Gasteiger partial charge in [-0.05, 0) is 65.2 Å². The molecule has 110 valence electrons. The normalized spacial score (nSPS) is 10.2. The van der Waals surface area contributed by atoms with E-state index in [4.69, 9.17) is 4.74 Å². The lowest BCUT2D eigenvalue weighted by Gasteiger charge is -2.09. The van der Waals surface area contributed by atoms with Crippen LogP contribution in [0, 0.1) is 13.8 Å². The van der Waals surface area contributed by atoms with Gasteiger partial charge in [0.25, 0.3) is 0 Å². The maximum Gasteiger partial charge on any atom is 0.227 e. The Morgan fingerprint density at radius 3 is 2.62 bits per heavy atom. The summed E-state index contributed by atoms with van der Waals surface area (Å²) < 4.78 is 6.46. The lowest BCUT2D eigenvalue weighted by Crippen LogP contribution is -2.15. The van der Waals surface area contributed by atoms with E-state index in [9.17, 15) is 4.79 Å². The smallest absolute Gasteiger partial charge is 0.227 e. The van der Waals surface area contributed by atoms with Crippen molar-refractivity contribution >= 4 is 27.5 Å². The van der Waals surface area contributed by atoms with Crippen molar-refractivity contribution in [1.82, 2.24) is 0 Å². The Bertz CT molecular complexity index is 640. The zero-order valence-corrected chi connectivity index (χ0v) is 13.7. The first kappa shape index (κ1) is 15.6. The molecule has 0 bridgehead atoms. The van der Waals surface area contributed by atoms with Crippen molar-refractivity contribution < 1.29 is 9.53 Å².